The average Bonchev–Trinajstić information content (AvgIpc) is 2.36. The molecule has 0 amide bonds. The summed E-state index contributed by atoms with van der Waals surface area (Å²) in [6.45, 7) is 8.21. The summed E-state index contributed by atoms with van der Waals surface area (Å²) in [6.07, 6.45) is 0. The number of rotatable bonds is 3. The lowest BCUT2D eigenvalue weighted by atomic mass is 10.3. The number of hydrogen-bond donors (Lipinski definition) is 0. The number of nitrogens with zero attached hydrogens (tertiary/aromatic N) is 2. The smallest absolute Gasteiger partial charge is 0.348 e. The molecule has 0 aliphatic carbocycles. The Kier molecular flexibility index (Phi) is 9.83. The zero-order valence-electron chi connectivity index (χ0n) is 9.65. The summed E-state index contributed by atoms with van der Waals surface area (Å²) in [6, 6.07) is 3.13. The standard InChI is InChI=1S/C6H7NO2.C5H5NO2/c1-3-9-6(8)5(2)4-7;1-4(3-6)5(7)8-2/h2-3H2,1H3;1H2,2H3. The summed E-state index contributed by atoms with van der Waals surface area (Å²) in [7, 11) is 1.20. The van der Waals surface area contributed by atoms with Crippen LogP contribution in [0.15, 0.2) is 24.3 Å². The molecule has 0 N–H and O–H groups in total. The maximum atomic E-state index is 10.4. The molecule has 0 aromatic rings. The van der Waals surface area contributed by atoms with Crippen molar-refractivity contribution < 1.29 is 19.1 Å². The van der Waals surface area contributed by atoms with Gasteiger partial charge in [-0.3, -0.25) is 0 Å². The summed E-state index contributed by atoms with van der Waals surface area (Å²) in [5, 5.41) is 16.1. The molecule has 0 aliphatic heterocycles. The van der Waals surface area contributed by atoms with Crippen molar-refractivity contribution in [2.75, 3.05) is 13.7 Å². The van der Waals surface area contributed by atoms with Crippen molar-refractivity contribution in [1.82, 2.24) is 0 Å². The first kappa shape index (κ1) is 16.8. The Morgan fingerprint density at radius 2 is 1.53 bits per heavy atom. The number of methoxy groups -OCH3 is 1. The van der Waals surface area contributed by atoms with Crippen molar-refractivity contribution in [3.8, 4) is 12.1 Å². The minimum Gasteiger partial charge on any atom is -0.465 e. The van der Waals surface area contributed by atoms with Gasteiger partial charge in [0.05, 0.1) is 13.7 Å². The Balaban J connectivity index is 0. The van der Waals surface area contributed by atoms with Crippen LogP contribution in [0.3, 0.4) is 0 Å². The molecule has 0 rings (SSSR count). The van der Waals surface area contributed by atoms with Gasteiger partial charge in [0.2, 0.25) is 0 Å². The molecule has 0 spiro atoms. The van der Waals surface area contributed by atoms with Gasteiger partial charge >= 0.3 is 11.9 Å². The molecule has 0 heterocycles. The minimum atomic E-state index is -0.674. The van der Waals surface area contributed by atoms with E-state index in [1.165, 1.54) is 7.11 Å². The highest BCUT2D eigenvalue weighted by Crippen LogP contribution is 1.90. The summed E-state index contributed by atoms with van der Waals surface area (Å²) >= 11 is 0. The summed E-state index contributed by atoms with van der Waals surface area (Å²) < 4.78 is 8.58. The van der Waals surface area contributed by atoms with E-state index in [0.29, 0.717) is 0 Å². The highest BCUT2D eigenvalue weighted by molar-refractivity contribution is 5.92. The van der Waals surface area contributed by atoms with Gasteiger partial charge in [0, 0.05) is 0 Å². The van der Waals surface area contributed by atoms with E-state index < -0.39 is 11.9 Å². The molecule has 17 heavy (non-hydrogen) atoms. The fourth-order valence-electron chi connectivity index (χ4n) is 0.433. The van der Waals surface area contributed by atoms with E-state index in [1.807, 2.05) is 0 Å². The van der Waals surface area contributed by atoms with Gasteiger partial charge in [-0.25, -0.2) is 9.59 Å². The molecule has 0 fully saturated rings. The maximum Gasteiger partial charge on any atom is 0.348 e. The molecule has 0 saturated carbocycles. The van der Waals surface area contributed by atoms with E-state index in [4.69, 9.17) is 10.5 Å². The molecule has 0 unspecified atom stereocenters. The molecular formula is C11H12N2O4. The largest absolute Gasteiger partial charge is 0.465 e. The van der Waals surface area contributed by atoms with Gasteiger partial charge in [-0.2, -0.15) is 10.5 Å². The molecule has 0 atom stereocenters. The van der Waals surface area contributed by atoms with Crippen molar-refractivity contribution >= 4 is 11.9 Å². The van der Waals surface area contributed by atoms with Gasteiger partial charge in [0.15, 0.2) is 0 Å². The minimum absolute atomic E-state index is 0.156. The number of ether oxygens (including phenoxy) is 2. The van der Waals surface area contributed by atoms with Crippen LogP contribution < -0.4 is 0 Å². The van der Waals surface area contributed by atoms with Crippen LogP contribution in [-0.2, 0) is 19.1 Å². The maximum absolute atomic E-state index is 10.4. The van der Waals surface area contributed by atoms with E-state index in [-0.39, 0.29) is 17.8 Å². The van der Waals surface area contributed by atoms with Crippen molar-refractivity contribution in [2.45, 2.75) is 6.92 Å². The molecule has 6 nitrogen and oxygen atoms in total. The number of carbonyl (C=O) groups excluding carboxylic acids is 2. The van der Waals surface area contributed by atoms with Crippen LogP contribution in [0.25, 0.3) is 0 Å². The molecule has 0 aromatic heterocycles. The van der Waals surface area contributed by atoms with E-state index in [2.05, 4.69) is 22.6 Å². The Labute approximate surface area is 99.4 Å². The Morgan fingerprint density at radius 3 is 1.76 bits per heavy atom. The Morgan fingerprint density at radius 1 is 1.12 bits per heavy atom. The fraction of sp³-hybridized carbons (Fsp3) is 0.273. The molecule has 0 bridgehead atoms. The second-order valence-corrected chi connectivity index (χ2v) is 2.39. The first-order valence-electron chi connectivity index (χ1n) is 4.37. The van der Waals surface area contributed by atoms with Gasteiger partial charge in [0.25, 0.3) is 0 Å². The van der Waals surface area contributed by atoms with E-state index in [9.17, 15) is 9.59 Å². The average molecular weight is 236 g/mol. The lowest BCUT2D eigenvalue weighted by Gasteiger charge is -1.95. The second-order valence-electron chi connectivity index (χ2n) is 2.39. The lowest BCUT2D eigenvalue weighted by molar-refractivity contribution is -0.138. The summed E-state index contributed by atoms with van der Waals surface area (Å²) in [4.78, 5) is 20.6. The topological polar surface area (TPSA) is 100 Å². The van der Waals surface area contributed by atoms with Crippen LogP contribution in [0.4, 0.5) is 0 Å². The van der Waals surface area contributed by atoms with E-state index in [1.54, 1.807) is 19.1 Å². The zero-order chi connectivity index (χ0) is 13.8. The molecule has 90 valence electrons. The SMILES string of the molecule is C=C(C#N)C(=O)OC.C=C(C#N)C(=O)OCC. The van der Waals surface area contributed by atoms with Crippen LogP contribution in [0.5, 0.6) is 0 Å². The van der Waals surface area contributed by atoms with Gasteiger partial charge < -0.3 is 9.47 Å². The van der Waals surface area contributed by atoms with Gasteiger partial charge in [-0.15, -0.1) is 0 Å². The van der Waals surface area contributed by atoms with Gasteiger partial charge in [-0.05, 0) is 6.92 Å². The van der Waals surface area contributed by atoms with Crippen molar-refractivity contribution in [3.05, 3.63) is 24.3 Å². The van der Waals surface area contributed by atoms with E-state index in [0.717, 1.165) is 0 Å². The molecule has 0 radical (unpaired) electrons. The Hall–Kier alpha value is -2.60. The lowest BCUT2D eigenvalue weighted by Crippen LogP contribution is -2.04. The van der Waals surface area contributed by atoms with Gasteiger partial charge in [-0.1, -0.05) is 13.2 Å². The monoisotopic (exact) mass is 236 g/mol. The van der Waals surface area contributed by atoms with Crippen LogP contribution in [-0.4, -0.2) is 25.7 Å². The van der Waals surface area contributed by atoms with Gasteiger partial charge in [0.1, 0.15) is 23.3 Å². The molecule has 0 saturated heterocycles. The van der Waals surface area contributed by atoms with Crippen LogP contribution in [0, 0.1) is 22.7 Å². The van der Waals surface area contributed by atoms with E-state index >= 15 is 0 Å². The molecule has 6 heteroatoms. The third-order valence-electron chi connectivity index (χ3n) is 1.22. The number of carbonyl (C=O) groups is 2. The first-order valence-corrected chi connectivity index (χ1v) is 4.37. The predicted octanol–water partition coefficient (Wildman–Crippen LogP) is 0.868. The second kappa shape index (κ2) is 9.94. The molecule has 0 aromatic carbocycles. The summed E-state index contributed by atoms with van der Waals surface area (Å²) in [5.41, 5.74) is -0.329. The summed E-state index contributed by atoms with van der Waals surface area (Å²) in [5.74, 6) is -1.31. The van der Waals surface area contributed by atoms with Crippen LogP contribution >= 0.6 is 0 Å². The third-order valence-corrected chi connectivity index (χ3v) is 1.22. The third kappa shape index (κ3) is 8.40. The van der Waals surface area contributed by atoms with Crippen LogP contribution in [0.1, 0.15) is 6.92 Å². The van der Waals surface area contributed by atoms with Crippen molar-refractivity contribution in [2.24, 2.45) is 0 Å². The first-order chi connectivity index (χ1) is 7.94. The normalized spacial score (nSPS) is 7.29. The number of esters is 2. The number of hydrogen-bond acceptors (Lipinski definition) is 6. The zero-order valence-corrected chi connectivity index (χ0v) is 9.65. The predicted molar refractivity (Wildman–Crippen MR) is 58.2 cm³/mol. The quantitative estimate of drug-likeness (QED) is 0.409. The van der Waals surface area contributed by atoms with Crippen LogP contribution in [0.2, 0.25) is 0 Å². The highest BCUT2D eigenvalue weighted by Gasteiger charge is 2.04. The van der Waals surface area contributed by atoms with Crippen molar-refractivity contribution in [3.63, 3.8) is 0 Å². The Bertz CT molecular complexity index is 399. The molecular weight excluding hydrogens is 224 g/mol. The van der Waals surface area contributed by atoms with Crippen molar-refractivity contribution in [1.29, 1.82) is 10.5 Å². The highest BCUT2D eigenvalue weighted by atomic mass is 16.5. The number of nitriles is 2. The fourth-order valence-corrected chi connectivity index (χ4v) is 0.433. The molecule has 0 aliphatic rings.